The Balaban J connectivity index is 2.97. The Labute approximate surface area is 138 Å². The highest BCUT2D eigenvalue weighted by Gasteiger charge is 2.44. The largest absolute Gasteiger partial charge is 0.469 e. The Bertz CT molecular complexity index is 518. The Hall–Kier alpha value is -1.15. The van der Waals surface area contributed by atoms with Crippen LogP contribution in [0.4, 0.5) is 0 Å². The van der Waals surface area contributed by atoms with Gasteiger partial charge in [0.25, 0.3) is 10.1 Å². The first kappa shape index (κ1) is 19.9. The van der Waals surface area contributed by atoms with Crippen LogP contribution in [0.15, 0.2) is 0 Å². The van der Waals surface area contributed by atoms with Gasteiger partial charge in [-0.1, -0.05) is 19.8 Å². The quantitative estimate of drug-likeness (QED) is 0.523. The zero-order valence-electron chi connectivity index (χ0n) is 14.2. The molecular formula is C15H27NO6S. The van der Waals surface area contributed by atoms with Crippen molar-refractivity contribution in [3.05, 3.63) is 0 Å². The van der Waals surface area contributed by atoms with Crippen LogP contribution in [0.5, 0.6) is 0 Å². The second-order valence-corrected chi connectivity index (χ2v) is 7.74. The molecule has 7 nitrogen and oxygen atoms in total. The minimum Gasteiger partial charge on any atom is -0.469 e. The normalized spacial score (nSPS) is 25.8. The molecule has 134 valence electrons. The first-order valence-electron chi connectivity index (χ1n) is 7.91. The van der Waals surface area contributed by atoms with Crippen molar-refractivity contribution in [2.45, 2.75) is 58.1 Å². The molecule has 1 unspecified atom stereocenters. The average Bonchev–Trinajstić information content (AvgIpc) is 2.83. The molecule has 0 aliphatic heterocycles. The van der Waals surface area contributed by atoms with Gasteiger partial charge in [0.1, 0.15) is 0 Å². The number of unbranched alkanes of at least 4 members (excludes halogenated alkanes) is 1. The van der Waals surface area contributed by atoms with E-state index in [1.165, 1.54) is 14.0 Å². The lowest BCUT2D eigenvalue weighted by atomic mass is 9.91. The van der Waals surface area contributed by atoms with Crippen LogP contribution in [-0.4, -0.2) is 45.8 Å². The van der Waals surface area contributed by atoms with Crippen LogP contribution in [0, 0.1) is 11.8 Å². The van der Waals surface area contributed by atoms with Crippen molar-refractivity contribution in [2.24, 2.45) is 11.8 Å². The van der Waals surface area contributed by atoms with E-state index in [1.807, 2.05) is 6.92 Å². The molecule has 4 atom stereocenters. The summed E-state index contributed by atoms with van der Waals surface area (Å²) < 4.78 is 33.0. The topological polar surface area (TPSA) is 98.8 Å². The third-order valence-corrected chi connectivity index (χ3v) is 4.75. The predicted molar refractivity (Wildman–Crippen MR) is 85.1 cm³/mol. The molecule has 0 saturated heterocycles. The third-order valence-electron chi connectivity index (χ3n) is 4.16. The lowest BCUT2D eigenvalue weighted by Crippen LogP contribution is -2.43. The molecule has 1 amide bonds. The highest BCUT2D eigenvalue weighted by molar-refractivity contribution is 7.86. The number of carbonyl (C=O) groups excluding carboxylic acids is 2. The van der Waals surface area contributed by atoms with Crippen LogP contribution < -0.4 is 5.32 Å². The zero-order chi connectivity index (χ0) is 17.6. The third kappa shape index (κ3) is 6.47. The Kier molecular flexibility index (Phi) is 7.47. The summed E-state index contributed by atoms with van der Waals surface area (Å²) in [6, 6.07) is -0.214. The number of ether oxygens (including phenoxy) is 1. The van der Waals surface area contributed by atoms with Gasteiger partial charge >= 0.3 is 5.97 Å². The molecule has 0 aromatic carbocycles. The molecule has 1 N–H and O–H groups in total. The van der Waals surface area contributed by atoms with Crippen molar-refractivity contribution in [3.63, 3.8) is 0 Å². The maximum Gasteiger partial charge on any atom is 0.308 e. The summed E-state index contributed by atoms with van der Waals surface area (Å²) in [5, 5.41) is 2.88. The maximum atomic E-state index is 11.8. The maximum absolute atomic E-state index is 11.8. The van der Waals surface area contributed by atoms with Gasteiger partial charge in [-0.15, -0.1) is 0 Å². The smallest absolute Gasteiger partial charge is 0.308 e. The lowest BCUT2D eigenvalue weighted by molar-refractivity contribution is -0.145. The van der Waals surface area contributed by atoms with Crippen molar-refractivity contribution in [1.29, 1.82) is 0 Å². The first-order chi connectivity index (χ1) is 10.7. The summed E-state index contributed by atoms with van der Waals surface area (Å²) in [4.78, 5) is 23.3. The summed E-state index contributed by atoms with van der Waals surface area (Å²) >= 11 is 0. The zero-order valence-corrected chi connectivity index (χ0v) is 15.0. The number of carbonyl (C=O) groups is 2. The van der Waals surface area contributed by atoms with Gasteiger partial charge in [-0.05, 0) is 19.3 Å². The predicted octanol–water partition coefficient (Wildman–Crippen LogP) is 1.23. The monoisotopic (exact) mass is 349 g/mol. The Morgan fingerprint density at radius 3 is 2.43 bits per heavy atom. The van der Waals surface area contributed by atoms with E-state index in [9.17, 15) is 18.0 Å². The Morgan fingerprint density at radius 1 is 1.30 bits per heavy atom. The number of amides is 1. The molecule has 1 aliphatic rings. The average molecular weight is 349 g/mol. The van der Waals surface area contributed by atoms with E-state index in [-0.39, 0.29) is 30.3 Å². The van der Waals surface area contributed by atoms with Gasteiger partial charge in [0.05, 0.1) is 25.4 Å². The van der Waals surface area contributed by atoms with Crippen LogP contribution in [0.2, 0.25) is 0 Å². The van der Waals surface area contributed by atoms with Crippen LogP contribution in [-0.2, 0) is 28.6 Å². The second-order valence-electron chi connectivity index (χ2n) is 6.14. The summed E-state index contributed by atoms with van der Waals surface area (Å²) in [7, 11) is -2.33. The van der Waals surface area contributed by atoms with E-state index in [0.29, 0.717) is 6.42 Å². The summed E-state index contributed by atoms with van der Waals surface area (Å²) in [6.07, 6.45) is 3.68. The van der Waals surface area contributed by atoms with Crippen molar-refractivity contribution < 1.29 is 26.9 Å². The van der Waals surface area contributed by atoms with Gasteiger partial charge in [0.15, 0.2) is 0 Å². The summed E-state index contributed by atoms with van der Waals surface area (Å²) in [6.45, 7) is 3.47. The van der Waals surface area contributed by atoms with Crippen molar-refractivity contribution >= 4 is 22.0 Å². The highest BCUT2D eigenvalue weighted by atomic mass is 32.2. The van der Waals surface area contributed by atoms with Gasteiger partial charge in [-0.2, -0.15) is 8.42 Å². The molecular weight excluding hydrogens is 322 g/mol. The number of esters is 1. The van der Waals surface area contributed by atoms with E-state index >= 15 is 0 Å². The second kappa shape index (κ2) is 8.63. The molecule has 0 radical (unpaired) electrons. The molecule has 1 saturated carbocycles. The Morgan fingerprint density at radius 2 is 1.96 bits per heavy atom. The van der Waals surface area contributed by atoms with Crippen LogP contribution >= 0.6 is 0 Å². The van der Waals surface area contributed by atoms with E-state index < -0.39 is 22.1 Å². The molecule has 0 heterocycles. The lowest BCUT2D eigenvalue weighted by Gasteiger charge is -2.28. The molecule has 1 fully saturated rings. The van der Waals surface area contributed by atoms with Gasteiger partial charge < -0.3 is 10.1 Å². The molecule has 0 aromatic heterocycles. The van der Waals surface area contributed by atoms with Crippen LogP contribution in [0.3, 0.4) is 0 Å². The van der Waals surface area contributed by atoms with Crippen molar-refractivity contribution in [3.8, 4) is 0 Å². The van der Waals surface area contributed by atoms with Gasteiger partial charge in [-0.25, -0.2) is 0 Å². The first-order valence-corrected chi connectivity index (χ1v) is 9.72. The summed E-state index contributed by atoms with van der Waals surface area (Å²) in [5.74, 6) is -1.18. The van der Waals surface area contributed by atoms with Crippen molar-refractivity contribution in [2.75, 3.05) is 13.4 Å². The van der Waals surface area contributed by atoms with Crippen LogP contribution in [0.25, 0.3) is 0 Å². The highest BCUT2D eigenvalue weighted by Crippen LogP contribution is 2.38. The van der Waals surface area contributed by atoms with E-state index in [1.54, 1.807) is 0 Å². The van der Waals surface area contributed by atoms with E-state index in [4.69, 9.17) is 8.92 Å². The molecule has 1 rings (SSSR count). The summed E-state index contributed by atoms with van der Waals surface area (Å²) in [5.41, 5.74) is 0. The SMILES string of the molecule is CCCC[C@@H](NC(C)=O)C1C[C@@H](C(=O)OC)C[C@@H]1OS(C)(=O)=O. The fourth-order valence-electron chi connectivity index (χ4n) is 3.23. The van der Waals surface area contributed by atoms with Crippen molar-refractivity contribution in [1.82, 2.24) is 5.32 Å². The number of hydrogen-bond donors (Lipinski definition) is 1. The van der Waals surface area contributed by atoms with Crippen LogP contribution in [0.1, 0.15) is 46.0 Å². The van der Waals surface area contributed by atoms with Gasteiger partial charge in [0, 0.05) is 18.9 Å². The fraction of sp³-hybridized carbons (Fsp3) is 0.867. The van der Waals surface area contributed by atoms with E-state index in [0.717, 1.165) is 25.5 Å². The fourth-order valence-corrected chi connectivity index (χ4v) is 3.90. The minimum absolute atomic E-state index is 0.175. The van der Waals surface area contributed by atoms with E-state index in [2.05, 4.69) is 5.32 Å². The molecule has 0 bridgehead atoms. The minimum atomic E-state index is -3.64. The van der Waals surface area contributed by atoms with Gasteiger partial charge in [-0.3, -0.25) is 13.8 Å². The molecule has 8 heteroatoms. The number of methoxy groups -OCH3 is 1. The number of hydrogen-bond acceptors (Lipinski definition) is 6. The molecule has 0 spiro atoms. The molecule has 0 aromatic rings. The number of nitrogens with one attached hydrogen (secondary N) is 1. The van der Waals surface area contributed by atoms with Gasteiger partial charge in [0.2, 0.25) is 5.91 Å². The number of rotatable bonds is 8. The standard InChI is InChI=1S/C15H27NO6S/c1-5-6-7-13(16-10(2)17)12-8-11(15(18)21-3)9-14(12)22-23(4,19)20/h11-14H,5-9H2,1-4H3,(H,16,17)/t11-,12?,13-,14+/m1/s1. The molecule has 23 heavy (non-hydrogen) atoms. The molecule has 1 aliphatic carbocycles.